The molecule has 0 bridgehead atoms. The van der Waals surface area contributed by atoms with Gasteiger partial charge in [-0.05, 0) is 70.6 Å². The van der Waals surface area contributed by atoms with Crippen LogP contribution in [0.1, 0.15) is 181 Å². The Morgan fingerprint density at radius 2 is 1.02 bits per heavy atom. The highest BCUT2D eigenvalue weighted by Gasteiger charge is 2.44. The molecule has 0 aliphatic carbocycles. The number of ether oxygens (including phenoxy) is 2. The number of amides is 1. The van der Waals surface area contributed by atoms with E-state index >= 15 is 0 Å². The third-order valence-corrected chi connectivity index (χ3v) is 10.8. The Kier molecular flexibility index (Phi) is 36.8. The van der Waals surface area contributed by atoms with Crippen LogP contribution in [0.2, 0.25) is 0 Å². The van der Waals surface area contributed by atoms with Crippen LogP contribution in [0, 0.1) is 0 Å². The second kappa shape index (κ2) is 39.7. The Labute approximate surface area is 359 Å². The molecule has 0 saturated carbocycles. The lowest BCUT2D eigenvalue weighted by Crippen LogP contribution is -2.60. The maximum Gasteiger partial charge on any atom is 0.220 e. The summed E-state index contributed by atoms with van der Waals surface area (Å²) in [4.78, 5) is 12.9. The maximum absolute atomic E-state index is 12.9. The SMILES string of the molecule is CCCCCCCCC/C=C/C/C=C/C/C=C/C/C=C/CCCC(=O)N[C@@H](CO[C@H]1O[C@@H](CO)[C@H](O)C(O)C1O)[C@H](O)/C=C/CC/C=C/CCCCCCCCCCC. The topological polar surface area (TPSA) is 149 Å². The first-order valence-corrected chi connectivity index (χ1v) is 23.7. The molecule has 0 radical (unpaired) electrons. The zero-order chi connectivity index (χ0) is 43.0. The van der Waals surface area contributed by atoms with Crippen molar-refractivity contribution in [1.82, 2.24) is 5.32 Å². The van der Waals surface area contributed by atoms with Gasteiger partial charge in [0.15, 0.2) is 6.29 Å². The van der Waals surface area contributed by atoms with Crippen LogP contribution in [0.5, 0.6) is 0 Å². The van der Waals surface area contributed by atoms with Gasteiger partial charge in [-0.3, -0.25) is 4.79 Å². The molecule has 1 saturated heterocycles. The molecule has 1 amide bonds. The number of nitrogens with one attached hydrogen (secondary N) is 1. The molecule has 7 atom stereocenters. The van der Waals surface area contributed by atoms with Gasteiger partial charge in [-0.2, -0.15) is 0 Å². The number of hydrogen-bond donors (Lipinski definition) is 6. The summed E-state index contributed by atoms with van der Waals surface area (Å²) in [5.41, 5.74) is 0. The number of aliphatic hydroxyl groups excluding tert-OH is 5. The fraction of sp³-hybridized carbons (Fsp3) is 0.740. The molecule has 9 heteroatoms. The molecule has 59 heavy (non-hydrogen) atoms. The Bertz CT molecular complexity index is 1150. The van der Waals surface area contributed by atoms with Gasteiger partial charge in [0.1, 0.15) is 24.4 Å². The zero-order valence-electron chi connectivity index (χ0n) is 37.2. The first kappa shape index (κ1) is 54.6. The molecule has 0 aromatic carbocycles. The number of allylic oxidation sites excluding steroid dienone is 11. The normalized spacial score (nSPS) is 21.4. The lowest BCUT2D eigenvalue weighted by molar-refractivity contribution is -0.302. The second-order valence-corrected chi connectivity index (χ2v) is 16.2. The van der Waals surface area contributed by atoms with E-state index in [2.05, 4.69) is 79.9 Å². The van der Waals surface area contributed by atoms with Gasteiger partial charge in [-0.15, -0.1) is 0 Å². The Morgan fingerprint density at radius 3 is 1.54 bits per heavy atom. The summed E-state index contributed by atoms with van der Waals surface area (Å²) in [5.74, 6) is -0.244. The van der Waals surface area contributed by atoms with Crippen LogP contribution in [0.15, 0.2) is 72.9 Å². The van der Waals surface area contributed by atoms with Crippen LogP contribution < -0.4 is 5.32 Å². The Morgan fingerprint density at radius 1 is 0.576 bits per heavy atom. The van der Waals surface area contributed by atoms with E-state index < -0.39 is 49.5 Å². The summed E-state index contributed by atoms with van der Waals surface area (Å²) in [5, 5.41) is 54.1. The van der Waals surface area contributed by atoms with Gasteiger partial charge in [-0.25, -0.2) is 0 Å². The number of unbranched alkanes of at least 4 members (excludes halogenated alkanes) is 18. The van der Waals surface area contributed by atoms with Gasteiger partial charge in [0.2, 0.25) is 5.91 Å². The van der Waals surface area contributed by atoms with Crippen LogP contribution in [0.25, 0.3) is 0 Å². The van der Waals surface area contributed by atoms with E-state index in [4.69, 9.17) is 9.47 Å². The molecule has 0 spiro atoms. The van der Waals surface area contributed by atoms with Gasteiger partial charge in [0.05, 0.1) is 25.4 Å². The molecule has 0 aromatic heterocycles. The van der Waals surface area contributed by atoms with Crippen molar-refractivity contribution in [3.05, 3.63) is 72.9 Å². The van der Waals surface area contributed by atoms with Crippen molar-refractivity contribution in [2.24, 2.45) is 0 Å². The van der Waals surface area contributed by atoms with E-state index in [1.807, 2.05) is 6.08 Å². The number of aliphatic hydroxyl groups is 5. The standard InChI is InChI=1S/C50H87NO8/c1-3-5-7-9-11-13-15-17-19-20-21-22-23-24-26-28-30-32-34-36-38-40-46(54)51-43(42-58-50-49(57)48(56)47(55)45(41-52)59-50)44(53)39-37-35-33-31-29-27-25-18-16-14-12-10-8-6-4-2/h19-20,22-23,26,28-29,31-32,34,37,39,43-45,47-50,52-53,55-57H,3-18,21,24-25,27,30,33,35-36,38,40-42H2,1-2H3,(H,51,54)/b20-19+,23-22+,28-26+,31-29+,34-32+,39-37+/t43-,44+,45-,47-,48?,49?,50-/m0/s1. The molecule has 0 aromatic rings. The molecule has 1 aliphatic rings. The molecule has 2 unspecified atom stereocenters. The first-order chi connectivity index (χ1) is 28.8. The highest BCUT2D eigenvalue weighted by Crippen LogP contribution is 2.22. The Balaban J connectivity index is 2.42. The summed E-state index contributed by atoms with van der Waals surface area (Å²) < 4.78 is 11.2. The van der Waals surface area contributed by atoms with Crippen molar-refractivity contribution in [3.8, 4) is 0 Å². The van der Waals surface area contributed by atoms with E-state index in [0.29, 0.717) is 6.42 Å². The van der Waals surface area contributed by atoms with Crippen molar-refractivity contribution in [3.63, 3.8) is 0 Å². The summed E-state index contributed by atoms with van der Waals surface area (Å²) >= 11 is 0. The van der Waals surface area contributed by atoms with Gasteiger partial charge in [-0.1, -0.05) is 177 Å². The number of carbonyl (C=O) groups excluding carboxylic acids is 1. The van der Waals surface area contributed by atoms with E-state index in [0.717, 1.165) is 44.9 Å². The lowest BCUT2D eigenvalue weighted by atomic mass is 9.99. The minimum absolute atomic E-state index is 0.226. The van der Waals surface area contributed by atoms with Gasteiger partial charge in [0.25, 0.3) is 0 Å². The lowest BCUT2D eigenvalue weighted by Gasteiger charge is -2.40. The largest absolute Gasteiger partial charge is 0.394 e. The monoisotopic (exact) mass is 830 g/mol. The third kappa shape index (κ3) is 30.3. The molecular formula is C50H87NO8. The van der Waals surface area contributed by atoms with Crippen LogP contribution in [-0.2, 0) is 14.3 Å². The van der Waals surface area contributed by atoms with Crippen molar-refractivity contribution in [1.29, 1.82) is 0 Å². The van der Waals surface area contributed by atoms with E-state index in [1.165, 1.54) is 109 Å². The molecule has 9 nitrogen and oxygen atoms in total. The highest BCUT2D eigenvalue weighted by atomic mass is 16.7. The molecule has 6 N–H and O–H groups in total. The zero-order valence-corrected chi connectivity index (χ0v) is 37.2. The number of rotatable bonds is 38. The van der Waals surface area contributed by atoms with Gasteiger partial charge >= 0.3 is 0 Å². The highest BCUT2D eigenvalue weighted by molar-refractivity contribution is 5.76. The summed E-state index contributed by atoms with van der Waals surface area (Å²) in [6.45, 7) is 3.70. The quantitative estimate of drug-likeness (QED) is 0.0266. The smallest absolute Gasteiger partial charge is 0.220 e. The van der Waals surface area contributed by atoms with Crippen molar-refractivity contribution < 1.29 is 39.8 Å². The molecule has 1 aliphatic heterocycles. The predicted octanol–water partition coefficient (Wildman–Crippen LogP) is 10.2. The van der Waals surface area contributed by atoms with Crippen LogP contribution in [0.3, 0.4) is 0 Å². The first-order valence-electron chi connectivity index (χ1n) is 23.7. The predicted molar refractivity (Wildman–Crippen MR) is 244 cm³/mol. The molecule has 340 valence electrons. The third-order valence-electron chi connectivity index (χ3n) is 10.8. The summed E-state index contributed by atoms with van der Waals surface area (Å²) in [6, 6.07) is -0.853. The molecule has 1 heterocycles. The van der Waals surface area contributed by atoms with Crippen LogP contribution >= 0.6 is 0 Å². The fourth-order valence-electron chi connectivity index (χ4n) is 6.93. The number of hydrogen-bond acceptors (Lipinski definition) is 8. The van der Waals surface area contributed by atoms with Crippen LogP contribution in [-0.4, -0.2) is 87.5 Å². The molecule has 1 fully saturated rings. The number of carbonyl (C=O) groups is 1. The van der Waals surface area contributed by atoms with E-state index in [1.54, 1.807) is 6.08 Å². The fourth-order valence-corrected chi connectivity index (χ4v) is 6.93. The Hall–Kier alpha value is -2.37. The van der Waals surface area contributed by atoms with E-state index in [9.17, 15) is 30.3 Å². The minimum atomic E-state index is -1.58. The minimum Gasteiger partial charge on any atom is -0.394 e. The van der Waals surface area contributed by atoms with Gasteiger partial charge < -0.3 is 40.3 Å². The average Bonchev–Trinajstić information content (AvgIpc) is 3.23. The molecule has 1 rings (SSSR count). The van der Waals surface area contributed by atoms with Crippen molar-refractivity contribution in [2.75, 3.05) is 13.2 Å². The van der Waals surface area contributed by atoms with Crippen LogP contribution in [0.4, 0.5) is 0 Å². The van der Waals surface area contributed by atoms with Crippen molar-refractivity contribution >= 4 is 5.91 Å². The average molecular weight is 830 g/mol. The second-order valence-electron chi connectivity index (χ2n) is 16.2. The maximum atomic E-state index is 12.9. The van der Waals surface area contributed by atoms with E-state index in [-0.39, 0.29) is 18.9 Å². The summed E-state index contributed by atoms with van der Waals surface area (Å²) in [7, 11) is 0. The summed E-state index contributed by atoms with van der Waals surface area (Å²) in [6.07, 6.45) is 46.7. The van der Waals surface area contributed by atoms with Gasteiger partial charge in [0, 0.05) is 6.42 Å². The molecular weight excluding hydrogens is 743 g/mol. The van der Waals surface area contributed by atoms with Crippen molar-refractivity contribution in [2.45, 2.75) is 224 Å².